The van der Waals surface area contributed by atoms with Crippen LogP contribution < -0.4 is 10.1 Å². The highest BCUT2D eigenvalue weighted by atomic mass is 79.9. The van der Waals surface area contributed by atoms with Crippen LogP contribution in [0.2, 0.25) is 0 Å². The lowest BCUT2D eigenvalue weighted by atomic mass is 10.3. The Labute approximate surface area is 109 Å². The molecule has 0 saturated heterocycles. The van der Waals surface area contributed by atoms with E-state index < -0.39 is 0 Å². The van der Waals surface area contributed by atoms with Crippen molar-refractivity contribution < 1.29 is 13.9 Å². The van der Waals surface area contributed by atoms with Crippen molar-refractivity contribution in [2.45, 2.75) is 13.0 Å². The molecule has 0 aromatic heterocycles. The number of ether oxygens (including phenoxy) is 2. The summed E-state index contributed by atoms with van der Waals surface area (Å²) >= 11 is 3.12. The molecule has 3 nitrogen and oxygen atoms in total. The lowest BCUT2D eigenvalue weighted by Gasteiger charge is -2.15. The second-order valence-corrected chi connectivity index (χ2v) is 4.56. The van der Waals surface area contributed by atoms with Crippen molar-refractivity contribution >= 4 is 15.9 Å². The zero-order chi connectivity index (χ0) is 12.7. The van der Waals surface area contributed by atoms with Gasteiger partial charge in [0.2, 0.25) is 0 Å². The Morgan fingerprint density at radius 1 is 1.47 bits per heavy atom. The molecule has 1 unspecified atom stereocenters. The first kappa shape index (κ1) is 14.4. The average Bonchev–Trinajstić information content (AvgIpc) is 2.30. The number of benzene rings is 1. The predicted molar refractivity (Wildman–Crippen MR) is 68.9 cm³/mol. The normalized spacial score (nSPS) is 12.5. The van der Waals surface area contributed by atoms with E-state index in [0.717, 1.165) is 13.1 Å². The van der Waals surface area contributed by atoms with Crippen LogP contribution in [0.15, 0.2) is 22.7 Å². The highest BCUT2D eigenvalue weighted by Gasteiger charge is 2.05. The van der Waals surface area contributed by atoms with Gasteiger partial charge in [0, 0.05) is 20.2 Å². The lowest BCUT2D eigenvalue weighted by molar-refractivity contribution is 0.184. The fourth-order valence-electron chi connectivity index (χ4n) is 1.30. The van der Waals surface area contributed by atoms with Gasteiger partial charge in [-0.2, -0.15) is 0 Å². The van der Waals surface area contributed by atoms with Crippen LogP contribution in [0.25, 0.3) is 0 Å². The molecule has 0 aliphatic carbocycles. The molecule has 0 aliphatic rings. The quantitative estimate of drug-likeness (QED) is 0.786. The fraction of sp³-hybridized carbons (Fsp3) is 0.500. The Kier molecular flexibility index (Phi) is 6.47. The number of nitrogens with one attached hydrogen (secondary N) is 1. The Morgan fingerprint density at radius 3 is 2.88 bits per heavy atom. The minimum absolute atomic E-state index is 0.0178. The van der Waals surface area contributed by atoms with E-state index in [1.165, 1.54) is 6.07 Å². The molecule has 1 aromatic rings. The zero-order valence-corrected chi connectivity index (χ0v) is 11.6. The largest absolute Gasteiger partial charge is 0.489 e. The molecular weight excluding hydrogens is 289 g/mol. The molecule has 96 valence electrons. The molecular formula is C12H17BrFNO2. The summed E-state index contributed by atoms with van der Waals surface area (Å²) in [6, 6.07) is 4.62. The summed E-state index contributed by atoms with van der Waals surface area (Å²) in [6.45, 7) is 4.14. The molecule has 1 rings (SSSR count). The van der Waals surface area contributed by atoms with E-state index >= 15 is 0 Å². The summed E-state index contributed by atoms with van der Waals surface area (Å²) < 4.78 is 24.0. The molecule has 0 radical (unpaired) electrons. The van der Waals surface area contributed by atoms with Gasteiger partial charge in [-0.3, -0.25) is 0 Å². The lowest BCUT2D eigenvalue weighted by Crippen LogP contribution is -2.31. The Hall–Kier alpha value is -0.650. The summed E-state index contributed by atoms with van der Waals surface area (Å²) in [5.41, 5.74) is 0. The maximum absolute atomic E-state index is 13.0. The number of methoxy groups -OCH3 is 1. The Bertz CT molecular complexity index is 349. The number of hydrogen-bond acceptors (Lipinski definition) is 3. The van der Waals surface area contributed by atoms with Gasteiger partial charge in [0.1, 0.15) is 17.7 Å². The Balaban J connectivity index is 2.34. The molecule has 0 amide bonds. The van der Waals surface area contributed by atoms with E-state index in [0.29, 0.717) is 16.8 Å². The van der Waals surface area contributed by atoms with E-state index in [1.807, 2.05) is 6.92 Å². The van der Waals surface area contributed by atoms with Crippen molar-refractivity contribution in [2.24, 2.45) is 0 Å². The fourth-order valence-corrected chi connectivity index (χ4v) is 1.66. The molecule has 0 bridgehead atoms. The first-order valence-corrected chi connectivity index (χ1v) is 6.24. The molecule has 0 heterocycles. The molecule has 17 heavy (non-hydrogen) atoms. The van der Waals surface area contributed by atoms with Crippen molar-refractivity contribution in [2.75, 3.05) is 26.8 Å². The van der Waals surface area contributed by atoms with Crippen LogP contribution in [0.5, 0.6) is 5.75 Å². The van der Waals surface area contributed by atoms with E-state index in [1.54, 1.807) is 19.2 Å². The van der Waals surface area contributed by atoms with Gasteiger partial charge < -0.3 is 14.8 Å². The number of hydrogen-bond donors (Lipinski definition) is 1. The molecule has 5 heteroatoms. The standard InChI is InChI=1S/C12H17BrFNO2/c1-9(8-15-5-6-16-2)17-10-3-4-12(14)11(13)7-10/h3-4,7,9,15H,5-6,8H2,1-2H3. The van der Waals surface area contributed by atoms with E-state index in [-0.39, 0.29) is 11.9 Å². The third-order valence-corrected chi connectivity index (χ3v) is 2.75. The average molecular weight is 306 g/mol. The molecule has 0 saturated carbocycles. The van der Waals surface area contributed by atoms with Gasteiger partial charge in [-0.1, -0.05) is 0 Å². The van der Waals surface area contributed by atoms with Gasteiger partial charge in [0.05, 0.1) is 11.1 Å². The minimum atomic E-state index is -0.289. The van der Waals surface area contributed by atoms with Crippen LogP contribution in [0.4, 0.5) is 4.39 Å². The van der Waals surface area contributed by atoms with E-state index in [9.17, 15) is 4.39 Å². The van der Waals surface area contributed by atoms with Gasteiger partial charge in [-0.25, -0.2) is 4.39 Å². The van der Waals surface area contributed by atoms with Crippen LogP contribution in [-0.2, 0) is 4.74 Å². The number of halogens is 2. The second kappa shape index (κ2) is 7.63. The summed E-state index contributed by atoms with van der Waals surface area (Å²) in [5, 5.41) is 3.20. The van der Waals surface area contributed by atoms with Crippen LogP contribution in [-0.4, -0.2) is 32.9 Å². The van der Waals surface area contributed by atoms with Crippen molar-refractivity contribution in [1.29, 1.82) is 0 Å². The monoisotopic (exact) mass is 305 g/mol. The zero-order valence-electron chi connectivity index (χ0n) is 10.0. The summed E-state index contributed by atoms with van der Waals surface area (Å²) in [6.07, 6.45) is 0.0178. The molecule has 1 N–H and O–H groups in total. The first-order chi connectivity index (χ1) is 8.13. The van der Waals surface area contributed by atoms with Crippen LogP contribution in [0, 0.1) is 5.82 Å². The smallest absolute Gasteiger partial charge is 0.137 e. The van der Waals surface area contributed by atoms with Gasteiger partial charge in [-0.05, 0) is 41.1 Å². The highest BCUT2D eigenvalue weighted by molar-refractivity contribution is 9.10. The van der Waals surface area contributed by atoms with Gasteiger partial charge >= 0.3 is 0 Å². The molecule has 1 aromatic carbocycles. The van der Waals surface area contributed by atoms with E-state index in [2.05, 4.69) is 21.2 Å². The van der Waals surface area contributed by atoms with Gasteiger partial charge in [0.25, 0.3) is 0 Å². The van der Waals surface area contributed by atoms with Crippen molar-refractivity contribution in [3.05, 3.63) is 28.5 Å². The molecule has 1 atom stereocenters. The van der Waals surface area contributed by atoms with Crippen molar-refractivity contribution in [3.63, 3.8) is 0 Å². The third kappa shape index (κ3) is 5.48. The van der Waals surface area contributed by atoms with Gasteiger partial charge in [-0.15, -0.1) is 0 Å². The van der Waals surface area contributed by atoms with Crippen LogP contribution in [0.3, 0.4) is 0 Å². The predicted octanol–water partition coefficient (Wildman–Crippen LogP) is 2.59. The molecule has 0 aliphatic heterocycles. The van der Waals surface area contributed by atoms with Crippen LogP contribution in [0.1, 0.15) is 6.92 Å². The van der Waals surface area contributed by atoms with Gasteiger partial charge in [0.15, 0.2) is 0 Å². The second-order valence-electron chi connectivity index (χ2n) is 3.70. The van der Waals surface area contributed by atoms with Crippen molar-refractivity contribution in [3.8, 4) is 5.75 Å². The van der Waals surface area contributed by atoms with Crippen LogP contribution >= 0.6 is 15.9 Å². The third-order valence-electron chi connectivity index (χ3n) is 2.14. The molecule has 0 spiro atoms. The number of rotatable bonds is 7. The summed E-state index contributed by atoms with van der Waals surface area (Å²) in [4.78, 5) is 0. The highest BCUT2D eigenvalue weighted by Crippen LogP contribution is 2.22. The van der Waals surface area contributed by atoms with Crippen molar-refractivity contribution in [1.82, 2.24) is 5.32 Å². The minimum Gasteiger partial charge on any atom is -0.489 e. The topological polar surface area (TPSA) is 30.5 Å². The Morgan fingerprint density at radius 2 is 2.24 bits per heavy atom. The maximum atomic E-state index is 13.0. The summed E-state index contributed by atoms with van der Waals surface area (Å²) in [5.74, 6) is 0.363. The molecule has 0 fully saturated rings. The maximum Gasteiger partial charge on any atom is 0.137 e. The SMILES string of the molecule is COCCNCC(C)Oc1ccc(F)c(Br)c1. The first-order valence-electron chi connectivity index (χ1n) is 5.45. The summed E-state index contributed by atoms with van der Waals surface area (Å²) in [7, 11) is 1.66. The van der Waals surface area contributed by atoms with E-state index in [4.69, 9.17) is 9.47 Å².